The molecule has 2 nitrogen and oxygen atoms in total. The molecule has 0 aromatic heterocycles. The van der Waals surface area contributed by atoms with Crippen LogP contribution < -0.4 is 0 Å². The molecular formula is C11H19NO. The van der Waals surface area contributed by atoms with Gasteiger partial charge in [-0.1, -0.05) is 18.0 Å². The van der Waals surface area contributed by atoms with Gasteiger partial charge in [-0.25, -0.2) is 0 Å². The molecule has 3 rings (SSSR count). The molecule has 0 radical (unpaired) electrons. The van der Waals surface area contributed by atoms with E-state index in [9.17, 15) is 0 Å². The number of rotatable bonds is 1. The van der Waals surface area contributed by atoms with Crippen molar-refractivity contribution >= 4 is 5.71 Å². The van der Waals surface area contributed by atoms with Crippen LogP contribution in [0.3, 0.4) is 0 Å². The first-order chi connectivity index (χ1) is 6.27. The normalized spacial score (nSPS) is 40.4. The summed E-state index contributed by atoms with van der Waals surface area (Å²) in [4.78, 5) is 0. The van der Waals surface area contributed by atoms with Gasteiger partial charge in [0.1, 0.15) is 0 Å². The molecule has 0 aromatic rings. The van der Waals surface area contributed by atoms with Crippen LogP contribution in [0.1, 0.15) is 51.9 Å². The maximum atomic E-state index is 8.88. The van der Waals surface area contributed by atoms with E-state index in [0.29, 0.717) is 0 Å². The summed E-state index contributed by atoms with van der Waals surface area (Å²) in [7, 11) is 0. The Labute approximate surface area is 80.0 Å². The molecule has 3 aliphatic carbocycles. The molecule has 0 unspecified atom stereocenters. The fourth-order valence-electron chi connectivity index (χ4n) is 3.15. The Morgan fingerprint density at radius 1 is 1.23 bits per heavy atom. The van der Waals surface area contributed by atoms with E-state index >= 15 is 0 Å². The molecule has 3 aliphatic rings. The summed E-state index contributed by atoms with van der Waals surface area (Å²) in [5.41, 5.74) is 1.26. The van der Waals surface area contributed by atoms with Gasteiger partial charge in [-0.3, -0.25) is 0 Å². The third kappa shape index (κ3) is 1.47. The first kappa shape index (κ1) is 9.04. The van der Waals surface area contributed by atoms with Crippen LogP contribution in [0.15, 0.2) is 5.16 Å². The maximum absolute atomic E-state index is 8.88. The maximum Gasteiger partial charge on any atom is 0.0601 e. The average Bonchev–Trinajstić information content (AvgIpc) is 2.50. The Morgan fingerprint density at radius 2 is 1.92 bits per heavy atom. The second-order valence-electron chi connectivity index (χ2n) is 4.80. The van der Waals surface area contributed by atoms with E-state index in [2.05, 4.69) is 5.16 Å². The van der Waals surface area contributed by atoms with Crippen LogP contribution in [-0.2, 0) is 0 Å². The third-order valence-electron chi connectivity index (χ3n) is 4.25. The van der Waals surface area contributed by atoms with Crippen molar-refractivity contribution in [3.8, 4) is 0 Å². The van der Waals surface area contributed by atoms with Crippen molar-refractivity contribution in [1.82, 2.24) is 0 Å². The molecule has 2 heteroatoms. The fourth-order valence-corrected chi connectivity index (χ4v) is 3.15. The summed E-state index contributed by atoms with van der Waals surface area (Å²) in [6, 6.07) is 0. The lowest BCUT2D eigenvalue weighted by Crippen LogP contribution is -2.31. The highest BCUT2D eigenvalue weighted by Crippen LogP contribution is 2.48. The van der Waals surface area contributed by atoms with Crippen molar-refractivity contribution in [2.75, 3.05) is 0 Å². The molecule has 74 valence electrons. The molecule has 2 bridgehead atoms. The van der Waals surface area contributed by atoms with Crippen molar-refractivity contribution in [3.63, 3.8) is 0 Å². The van der Waals surface area contributed by atoms with E-state index in [1.54, 1.807) is 0 Å². The number of hydrogen-bond acceptors (Lipinski definition) is 2. The van der Waals surface area contributed by atoms with E-state index in [-0.39, 0.29) is 5.41 Å². The molecule has 0 amide bonds. The van der Waals surface area contributed by atoms with Gasteiger partial charge in [0.2, 0.25) is 0 Å². The van der Waals surface area contributed by atoms with Gasteiger partial charge >= 0.3 is 0 Å². The van der Waals surface area contributed by atoms with Crippen molar-refractivity contribution in [2.24, 2.45) is 16.5 Å². The minimum Gasteiger partial charge on any atom is -0.411 e. The summed E-state index contributed by atoms with van der Waals surface area (Å²) >= 11 is 0. The smallest absolute Gasteiger partial charge is 0.0601 e. The van der Waals surface area contributed by atoms with Crippen LogP contribution in [-0.4, -0.2) is 10.9 Å². The molecule has 3 fully saturated rings. The Morgan fingerprint density at radius 3 is 2.54 bits per heavy atom. The van der Waals surface area contributed by atoms with E-state index in [1.807, 2.05) is 6.92 Å². The number of fused-ring (bicyclic) bond motifs is 4. The van der Waals surface area contributed by atoms with Crippen LogP contribution in [0.25, 0.3) is 0 Å². The Hall–Kier alpha value is -0.530. The van der Waals surface area contributed by atoms with Crippen LogP contribution in [0.4, 0.5) is 0 Å². The predicted octanol–water partition coefficient (Wildman–Crippen LogP) is 3.20. The monoisotopic (exact) mass is 181 g/mol. The highest BCUT2D eigenvalue weighted by Gasteiger charge is 2.40. The molecule has 0 saturated heterocycles. The van der Waals surface area contributed by atoms with E-state index < -0.39 is 0 Å². The van der Waals surface area contributed by atoms with E-state index in [1.165, 1.54) is 44.9 Å². The second-order valence-corrected chi connectivity index (χ2v) is 4.80. The summed E-state index contributed by atoms with van der Waals surface area (Å²) in [5, 5.41) is 12.3. The number of hydrogen-bond donors (Lipinski definition) is 1. The predicted molar refractivity (Wildman–Crippen MR) is 53.1 cm³/mol. The van der Waals surface area contributed by atoms with Crippen molar-refractivity contribution in [3.05, 3.63) is 0 Å². The van der Waals surface area contributed by atoms with E-state index in [4.69, 9.17) is 5.21 Å². The molecule has 0 heterocycles. The van der Waals surface area contributed by atoms with Gasteiger partial charge in [0.05, 0.1) is 5.71 Å². The minimum absolute atomic E-state index is 0.280. The van der Waals surface area contributed by atoms with Gasteiger partial charge in [-0.05, 0) is 44.9 Å². The lowest BCUT2D eigenvalue weighted by Gasteiger charge is -2.36. The Bertz CT molecular complexity index is 209. The highest BCUT2D eigenvalue weighted by atomic mass is 16.4. The zero-order chi connectivity index (χ0) is 9.31. The van der Waals surface area contributed by atoms with Gasteiger partial charge in [0, 0.05) is 5.41 Å². The van der Waals surface area contributed by atoms with Crippen LogP contribution in [0, 0.1) is 11.3 Å². The summed E-state index contributed by atoms with van der Waals surface area (Å²) in [6.07, 6.45) is 9.21. The van der Waals surface area contributed by atoms with Crippen LogP contribution >= 0.6 is 0 Å². The standard InChI is InChI=1S/C11H19NO/c1-9(12-13)11-6-2-3-10(4-7-11)5-8-11/h10,13H,2-8H2,1H3. The van der Waals surface area contributed by atoms with Crippen molar-refractivity contribution < 1.29 is 5.21 Å². The minimum atomic E-state index is 0.280. The molecular weight excluding hydrogens is 162 g/mol. The van der Waals surface area contributed by atoms with Gasteiger partial charge in [0.15, 0.2) is 0 Å². The zero-order valence-corrected chi connectivity index (χ0v) is 8.42. The Balaban J connectivity index is 2.21. The molecule has 0 atom stereocenters. The number of nitrogens with zero attached hydrogens (tertiary/aromatic N) is 1. The quantitative estimate of drug-likeness (QED) is 0.376. The lowest BCUT2D eigenvalue weighted by molar-refractivity contribution is 0.235. The SMILES string of the molecule is CC(=NO)C12CCCC(CC1)CC2. The topological polar surface area (TPSA) is 32.6 Å². The molecule has 3 saturated carbocycles. The zero-order valence-electron chi connectivity index (χ0n) is 8.42. The van der Waals surface area contributed by atoms with Crippen LogP contribution in [0.2, 0.25) is 0 Å². The highest BCUT2D eigenvalue weighted by molar-refractivity contribution is 5.87. The molecule has 0 spiro atoms. The molecule has 1 N–H and O–H groups in total. The summed E-state index contributed by atoms with van der Waals surface area (Å²) < 4.78 is 0. The second kappa shape index (κ2) is 3.32. The molecule has 0 aliphatic heterocycles. The average molecular weight is 181 g/mol. The summed E-state index contributed by atoms with van der Waals surface area (Å²) in [5.74, 6) is 0.974. The van der Waals surface area contributed by atoms with Gasteiger partial charge in [-0.15, -0.1) is 0 Å². The van der Waals surface area contributed by atoms with Gasteiger partial charge < -0.3 is 5.21 Å². The Kier molecular flexibility index (Phi) is 2.31. The van der Waals surface area contributed by atoms with Crippen LogP contribution in [0.5, 0.6) is 0 Å². The third-order valence-corrected chi connectivity index (χ3v) is 4.25. The van der Waals surface area contributed by atoms with Crippen molar-refractivity contribution in [2.45, 2.75) is 51.9 Å². The largest absolute Gasteiger partial charge is 0.411 e. The fraction of sp³-hybridized carbons (Fsp3) is 0.909. The molecule has 13 heavy (non-hydrogen) atoms. The lowest BCUT2D eigenvalue weighted by atomic mass is 9.69. The van der Waals surface area contributed by atoms with E-state index in [0.717, 1.165) is 11.6 Å². The first-order valence-corrected chi connectivity index (χ1v) is 5.46. The van der Waals surface area contributed by atoms with Crippen molar-refractivity contribution in [1.29, 1.82) is 0 Å². The van der Waals surface area contributed by atoms with Gasteiger partial charge in [-0.2, -0.15) is 0 Å². The first-order valence-electron chi connectivity index (χ1n) is 5.46. The summed E-state index contributed by atoms with van der Waals surface area (Å²) in [6.45, 7) is 1.99. The number of oxime groups is 1. The molecule has 0 aromatic carbocycles. The van der Waals surface area contributed by atoms with Gasteiger partial charge in [0.25, 0.3) is 0 Å².